The second kappa shape index (κ2) is 5.26. The van der Waals surface area contributed by atoms with Gasteiger partial charge in [-0.1, -0.05) is 25.4 Å². The van der Waals surface area contributed by atoms with Crippen molar-refractivity contribution in [2.75, 3.05) is 12.4 Å². The molecule has 15 heavy (non-hydrogen) atoms. The molecule has 0 spiro atoms. The van der Waals surface area contributed by atoms with Crippen LogP contribution < -0.4 is 10.1 Å². The van der Waals surface area contributed by atoms with Crippen molar-refractivity contribution in [1.29, 1.82) is 0 Å². The van der Waals surface area contributed by atoms with Crippen molar-refractivity contribution in [3.63, 3.8) is 0 Å². The summed E-state index contributed by atoms with van der Waals surface area (Å²) in [5.74, 6) is 1.30. The highest BCUT2D eigenvalue weighted by atomic mass is 35.5. The summed E-state index contributed by atoms with van der Waals surface area (Å²) in [6.07, 6.45) is 0. The molecule has 3 heteroatoms. The highest BCUT2D eigenvalue weighted by Crippen LogP contribution is 2.27. The third kappa shape index (κ3) is 3.31. The van der Waals surface area contributed by atoms with Crippen LogP contribution in [-0.4, -0.2) is 13.2 Å². The molecule has 1 rings (SSSR count). The second-order valence-corrected chi connectivity index (χ2v) is 4.43. The molecule has 1 atom stereocenters. The largest absolute Gasteiger partial charge is 0.495 e. The molecule has 1 aromatic rings. The van der Waals surface area contributed by atoms with E-state index >= 15 is 0 Å². The second-order valence-electron chi connectivity index (χ2n) is 4.03. The average molecular weight is 228 g/mol. The van der Waals surface area contributed by atoms with E-state index in [9.17, 15) is 0 Å². The van der Waals surface area contributed by atoms with Crippen molar-refractivity contribution < 1.29 is 4.74 Å². The van der Waals surface area contributed by atoms with E-state index in [1.54, 1.807) is 7.11 Å². The third-order valence-electron chi connectivity index (χ3n) is 2.55. The summed E-state index contributed by atoms with van der Waals surface area (Å²) in [7, 11) is 1.62. The number of halogens is 1. The minimum atomic E-state index is 0.425. The lowest BCUT2D eigenvalue weighted by Gasteiger charge is -2.19. The lowest BCUT2D eigenvalue weighted by atomic mass is 10.1. The standard InChI is InChI=1S/C12H18ClNO/c1-8(2)9(3)14-10-5-6-12(15-4)11(13)7-10/h5-9,14H,1-4H3/t9-/m1/s1. The van der Waals surface area contributed by atoms with Crippen LogP contribution in [0.5, 0.6) is 5.75 Å². The smallest absolute Gasteiger partial charge is 0.137 e. The number of hydrogen-bond acceptors (Lipinski definition) is 2. The van der Waals surface area contributed by atoms with Gasteiger partial charge in [0.2, 0.25) is 0 Å². The van der Waals surface area contributed by atoms with Crippen LogP contribution in [0.4, 0.5) is 5.69 Å². The zero-order chi connectivity index (χ0) is 11.4. The number of anilines is 1. The van der Waals surface area contributed by atoms with Crippen molar-refractivity contribution in [3.8, 4) is 5.75 Å². The summed E-state index contributed by atoms with van der Waals surface area (Å²) >= 11 is 6.03. The van der Waals surface area contributed by atoms with E-state index in [-0.39, 0.29) is 0 Å². The molecule has 0 amide bonds. The van der Waals surface area contributed by atoms with Gasteiger partial charge in [-0.05, 0) is 31.0 Å². The fourth-order valence-electron chi connectivity index (χ4n) is 1.19. The van der Waals surface area contributed by atoms with Gasteiger partial charge in [0.25, 0.3) is 0 Å². The Balaban J connectivity index is 2.75. The van der Waals surface area contributed by atoms with Crippen LogP contribution in [0.3, 0.4) is 0 Å². The van der Waals surface area contributed by atoms with Gasteiger partial charge in [-0.2, -0.15) is 0 Å². The summed E-state index contributed by atoms with van der Waals surface area (Å²) in [5.41, 5.74) is 1.03. The molecule has 2 nitrogen and oxygen atoms in total. The van der Waals surface area contributed by atoms with Gasteiger partial charge in [-0.3, -0.25) is 0 Å². The van der Waals surface area contributed by atoms with Crippen molar-refractivity contribution in [1.82, 2.24) is 0 Å². The molecule has 0 fully saturated rings. The molecular weight excluding hydrogens is 210 g/mol. The Morgan fingerprint density at radius 3 is 2.40 bits per heavy atom. The Morgan fingerprint density at radius 1 is 1.27 bits per heavy atom. The first-order chi connectivity index (χ1) is 7.04. The van der Waals surface area contributed by atoms with Gasteiger partial charge in [-0.25, -0.2) is 0 Å². The van der Waals surface area contributed by atoms with Crippen LogP contribution in [0.1, 0.15) is 20.8 Å². The molecule has 0 aromatic heterocycles. The Hall–Kier alpha value is -0.890. The minimum absolute atomic E-state index is 0.425. The van der Waals surface area contributed by atoms with Gasteiger partial charge in [0.05, 0.1) is 12.1 Å². The molecule has 0 radical (unpaired) electrons. The van der Waals surface area contributed by atoms with E-state index in [0.29, 0.717) is 22.7 Å². The molecule has 0 saturated carbocycles. The van der Waals surface area contributed by atoms with Gasteiger partial charge in [0.15, 0.2) is 0 Å². The number of hydrogen-bond donors (Lipinski definition) is 1. The zero-order valence-electron chi connectivity index (χ0n) is 9.67. The molecule has 0 aliphatic carbocycles. The molecule has 0 aliphatic heterocycles. The van der Waals surface area contributed by atoms with E-state index in [1.807, 2.05) is 18.2 Å². The fourth-order valence-corrected chi connectivity index (χ4v) is 1.44. The quantitative estimate of drug-likeness (QED) is 0.845. The first-order valence-corrected chi connectivity index (χ1v) is 5.52. The molecule has 1 N–H and O–H groups in total. The van der Waals surface area contributed by atoms with Crippen molar-refractivity contribution >= 4 is 17.3 Å². The topological polar surface area (TPSA) is 21.3 Å². The van der Waals surface area contributed by atoms with Crippen LogP contribution in [0.25, 0.3) is 0 Å². The van der Waals surface area contributed by atoms with Gasteiger partial charge in [0, 0.05) is 11.7 Å². The first kappa shape index (κ1) is 12.2. The normalized spacial score (nSPS) is 12.7. The highest BCUT2D eigenvalue weighted by molar-refractivity contribution is 6.32. The molecular formula is C12H18ClNO. The summed E-state index contributed by atoms with van der Waals surface area (Å²) < 4.78 is 5.09. The number of nitrogens with one attached hydrogen (secondary N) is 1. The lowest BCUT2D eigenvalue weighted by molar-refractivity contribution is 0.415. The molecule has 1 aromatic carbocycles. The number of benzene rings is 1. The molecule has 0 saturated heterocycles. The number of ether oxygens (including phenoxy) is 1. The summed E-state index contributed by atoms with van der Waals surface area (Å²) in [6, 6.07) is 6.16. The zero-order valence-corrected chi connectivity index (χ0v) is 10.4. The van der Waals surface area contributed by atoms with E-state index in [2.05, 4.69) is 26.1 Å². The predicted molar refractivity (Wildman–Crippen MR) is 65.9 cm³/mol. The van der Waals surface area contributed by atoms with Crippen LogP contribution in [-0.2, 0) is 0 Å². The predicted octanol–water partition coefficient (Wildman–Crippen LogP) is 3.81. The van der Waals surface area contributed by atoms with Gasteiger partial charge >= 0.3 is 0 Å². The van der Waals surface area contributed by atoms with Gasteiger partial charge < -0.3 is 10.1 Å². The maximum absolute atomic E-state index is 6.03. The van der Waals surface area contributed by atoms with E-state index < -0.39 is 0 Å². The molecule has 0 aliphatic rings. The molecule has 0 bridgehead atoms. The van der Waals surface area contributed by atoms with Crippen molar-refractivity contribution in [2.45, 2.75) is 26.8 Å². The van der Waals surface area contributed by atoms with E-state index in [4.69, 9.17) is 16.3 Å². The maximum atomic E-state index is 6.03. The molecule has 84 valence electrons. The molecule has 0 unspecified atom stereocenters. The van der Waals surface area contributed by atoms with Crippen molar-refractivity contribution in [3.05, 3.63) is 23.2 Å². The van der Waals surface area contributed by atoms with Crippen LogP contribution in [0.2, 0.25) is 5.02 Å². The Morgan fingerprint density at radius 2 is 1.93 bits per heavy atom. The maximum Gasteiger partial charge on any atom is 0.137 e. The highest BCUT2D eigenvalue weighted by Gasteiger charge is 2.07. The van der Waals surface area contributed by atoms with Gasteiger partial charge in [-0.15, -0.1) is 0 Å². The van der Waals surface area contributed by atoms with Crippen LogP contribution in [0.15, 0.2) is 18.2 Å². The van der Waals surface area contributed by atoms with Crippen LogP contribution >= 0.6 is 11.6 Å². The number of rotatable bonds is 4. The third-order valence-corrected chi connectivity index (χ3v) is 2.84. The van der Waals surface area contributed by atoms with E-state index in [0.717, 1.165) is 5.69 Å². The van der Waals surface area contributed by atoms with E-state index in [1.165, 1.54) is 0 Å². The Kier molecular flexibility index (Phi) is 4.28. The summed E-state index contributed by atoms with van der Waals surface area (Å²) in [4.78, 5) is 0. The average Bonchev–Trinajstić information content (AvgIpc) is 2.18. The Labute approximate surface area is 96.6 Å². The lowest BCUT2D eigenvalue weighted by Crippen LogP contribution is -2.21. The van der Waals surface area contributed by atoms with Crippen molar-refractivity contribution in [2.24, 2.45) is 5.92 Å². The van der Waals surface area contributed by atoms with Crippen LogP contribution in [0, 0.1) is 5.92 Å². The SMILES string of the molecule is COc1ccc(N[C@H](C)C(C)C)cc1Cl. The molecule has 0 heterocycles. The monoisotopic (exact) mass is 227 g/mol. The minimum Gasteiger partial charge on any atom is -0.495 e. The number of methoxy groups -OCH3 is 1. The fraction of sp³-hybridized carbons (Fsp3) is 0.500. The summed E-state index contributed by atoms with van der Waals surface area (Å²) in [5, 5.41) is 4.03. The first-order valence-electron chi connectivity index (χ1n) is 5.14. The Bertz CT molecular complexity index is 325. The summed E-state index contributed by atoms with van der Waals surface area (Å²) in [6.45, 7) is 6.52. The van der Waals surface area contributed by atoms with Gasteiger partial charge in [0.1, 0.15) is 5.75 Å².